The molecule has 1 aromatic carbocycles. The lowest BCUT2D eigenvalue weighted by Crippen LogP contribution is -1.97. The highest BCUT2D eigenvalue weighted by atomic mass is 35.5. The Labute approximate surface area is 149 Å². The fraction of sp³-hybridized carbons (Fsp3) is 0.111. The fourth-order valence-electron chi connectivity index (χ4n) is 2.52. The number of benzene rings is 1. The van der Waals surface area contributed by atoms with Gasteiger partial charge in [0, 0.05) is 22.8 Å². The normalized spacial score (nSPS) is 11.0. The van der Waals surface area contributed by atoms with Crippen LogP contribution in [0.2, 0.25) is 5.02 Å². The summed E-state index contributed by atoms with van der Waals surface area (Å²) in [5.74, 6) is 1.08. The predicted molar refractivity (Wildman–Crippen MR) is 94.5 cm³/mol. The largest absolute Gasteiger partial charge is 0.471 e. The van der Waals surface area contributed by atoms with Crippen molar-refractivity contribution in [2.24, 2.45) is 0 Å². The number of halogens is 1. The molecule has 6 nitrogen and oxygen atoms in total. The van der Waals surface area contributed by atoms with Crippen LogP contribution in [0.15, 0.2) is 55.0 Å². The van der Waals surface area contributed by atoms with Crippen molar-refractivity contribution >= 4 is 17.4 Å². The van der Waals surface area contributed by atoms with E-state index in [4.69, 9.17) is 16.3 Å². The van der Waals surface area contributed by atoms with Crippen molar-refractivity contribution in [2.75, 3.05) is 0 Å². The van der Waals surface area contributed by atoms with Gasteiger partial charge in [-0.05, 0) is 30.7 Å². The molecule has 0 fully saturated rings. The van der Waals surface area contributed by atoms with Crippen LogP contribution in [0.1, 0.15) is 11.3 Å². The molecule has 4 rings (SSSR count). The summed E-state index contributed by atoms with van der Waals surface area (Å²) in [5.41, 5.74) is 3.52. The van der Waals surface area contributed by atoms with Gasteiger partial charge in [-0.15, -0.1) is 0 Å². The molecular formula is C18H14ClN5O. The van der Waals surface area contributed by atoms with Crippen molar-refractivity contribution in [3.63, 3.8) is 0 Å². The molecule has 0 spiro atoms. The fourth-order valence-corrected chi connectivity index (χ4v) is 2.74. The van der Waals surface area contributed by atoms with E-state index in [1.165, 1.54) is 0 Å². The molecule has 3 aromatic heterocycles. The maximum atomic E-state index is 6.02. The van der Waals surface area contributed by atoms with Gasteiger partial charge in [0.15, 0.2) is 0 Å². The summed E-state index contributed by atoms with van der Waals surface area (Å²) in [6, 6.07) is 11.2. The van der Waals surface area contributed by atoms with E-state index in [1.807, 2.05) is 37.3 Å². The van der Waals surface area contributed by atoms with Gasteiger partial charge < -0.3 is 4.74 Å². The number of rotatable bonds is 4. The lowest BCUT2D eigenvalue weighted by Gasteiger charge is -2.05. The Morgan fingerprint density at radius 3 is 2.88 bits per heavy atom. The van der Waals surface area contributed by atoms with Gasteiger partial charge in [0.1, 0.15) is 18.0 Å². The summed E-state index contributed by atoms with van der Waals surface area (Å²) in [7, 11) is 0. The SMILES string of the molecule is Cc1cc(Cl)ccc1-c1cnc2nc(COc3ccccn3)cn2n1. The third kappa shape index (κ3) is 3.29. The Bertz CT molecular complexity index is 1030. The van der Waals surface area contributed by atoms with Gasteiger partial charge in [-0.2, -0.15) is 5.10 Å². The van der Waals surface area contributed by atoms with Crippen LogP contribution in [0, 0.1) is 6.92 Å². The van der Waals surface area contributed by atoms with E-state index in [2.05, 4.69) is 20.1 Å². The van der Waals surface area contributed by atoms with Gasteiger partial charge in [-0.1, -0.05) is 23.7 Å². The molecular weight excluding hydrogens is 338 g/mol. The predicted octanol–water partition coefficient (Wildman–Crippen LogP) is 3.73. The molecule has 0 bridgehead atoms. The molecule has 3 heterocycles. The molecule has 0 saturated carbocycles. The highest BCUT2D eigenvalue weighted by Crippen LogP contribution is 2.24. The van der Waals surface area contributed by atoms with E-state index in [0.717, 1.165) is 22.5 Å². The maximum absolute atomic E-state index is 6.02. The second-order valence-electron chi connectivity index (χ2n) is 5.54. The highest BCUT2D eigenvalue weighted by molar-refractivity contribution is 6.30. The molecule has 0 unspecified atom stereocenters. The lowest BCUT2D eigenvalue weighted by molar-refractivity contribution is 0.290. The first-order valence-corrected chi connectivity index (χ1v) is 8.08. The quantitative estimate of drug-likeness (QED) is 0.560. The molecule has 25 heavy (non-hydrogen) atoms. The van der Waals surface area contributed by atoms with Crippen molar-refractivity contribution in [3.8, 4) is 17.1 Å². The number of hydrogen-bond acceptors (Lipinski definition) is 5. The molecule has 0 atom stereocenters. The number of aryl methyl sites for hydroxylation is 1. The van der Waals surface area contributed by atoms with Gasteiger partial charge >= 0.3 is 0 Å². The van der Waals surface area contributed by atoms with E-state index in [0.29, 0.717) is 23.3 Å². The van der Waals surface area contributed by atoms with E-state index in [-0.39, 0.29) is 0 Å². The Morgan fingerprint density at radius 1 is 1.16 bits per heavy atom. The minimum atomic E-state index is 0.303. The Balaban J connectivity index is 1.61. The lowest BCUT2D eigenvalue weighted by atomic mass is 10.1. The molecule has 0 radical (unpaired) electrons. The molecule has 0 N–H and O–H groups in total. The summed E-state index contributed by atoms with van der Waals surface area (Å²) in [6.45, 7) is 2.30. The zero-order valence-corrected chi connectivity index (χ0v) is 14.2. The Morgan fingerprint density at radius 2 is 2.08 bits per heavy atom. The van der Waals surface area contributed by atoms with Crippen molar-refractivity contribution in [2.45, 2.75) is 13.5 Å². The molecule has 0 saturated heterocycles. The van der Waals surface area contributed by atoms with Gasteiger partial charge in [-0.3, -0.25) is 0 Å². The summed E-state index contributed by atoms with van der Waals surface area (Å²) < 4.78 is 7.26. The number of nitrogens with zero attached hydrogens (tertiary/aromatic N) is 5. The Hall–Kier alpha value is -2.99. The summed E-state index contributed by atoms with van der Waals surface area (Å²) in [6.07, 6.45) is 5.20. The van der Waals surface area contributed by atoms with Gasteiger partial charge in [0.2, 0.25) is 5.88 Å². The van der Waals surface area contributed by atoms with Crippen molar-refractivity contribution in [1.82, 2.24) is 24.6 Å². The second kappa shape index (κ2) is 6.49. The van der Waals surface area contributed by atoms with Crippen LogP contribution < -0.4 is 4.74 Å². The topological polar surface area (TPSA) is 65.2 Å². The third-order valence-electron chi connectivity index (χ3n) is 3.71. The first-order chi connectivity index (χ1) is 12.2. The zero-order valence-electron chi connectivity index (χ0n) is 13.4. The molecule has 124 valence electrons. The Kier molecular flexibility index (Phi) is 4.03. The number of imidazole rings is 1. The monoisotopic (exact) mass is 351 g/mol. The van der Waals surface area contributed by atoms with E-state index in [1.54, 1.807) is 29.2 Å². The van der Waals surface area contributed by atoms with Gasteiger partial charge in [0.05, 0.1) is 12.4 Å². The van der Waals surface area contributed by atoms with Crippen LogP contribution in [0.25, 0.3) is 17.0 Å². The van der Waals surface area contributed by atoms with Crippen molar-refractivity contribution in [3.05, 3.63) is 71.3 Å². The molecule has 0 aliphatic heterocycles. The van der Waals surface area contributed by atoms with Crippen LogP contribution in [0.3, 0.4) is 0 Å². The number of aromatic nitrogens is 5. The number of pyridine rings is 1. The van der Waals surface area contributed by atoms with Crippen molar-refractivity contribution in [1.29, 1.82) is 0 Å². The number of hydrogen-bond donors (Lipinski definition) is 0. The molecule has 0 aliphatic rings. The smallest absolute Gasteiger partial charge is 0.251 e. The molecule has 0 aliphatic carbocycles. The van der Waals surface area contributed by atoms with E-state index < -0.39 is 0 Å². The number of fused-ring (bicyclic) bond motifs is 1. The summed E-state index contributed by atoms with van der Waals surface area (Å²) in [5, 5.41) is 5.29. The van der Waals surface area contributed by atoms with E-state index in [9.17, 15) is 0 Å². The minimum absolute atomic E-state index is 0.303. The van der Waals surface area contributed by atoms with Crippen LogP contribution >= 0.6 is 11.6 Å². The maximum Gasteiger partial charge on any atom is 0.251 e. The van der Waals surface area contributed by atoms with Crippen molar-refractivity contribution < 1.29 is 4.74 Å². The van der Waals surface area contributed by atoms with Crippen LogP contribution in [-0.4, -0.2) is 24.6 Å². The van der Waals surface area contributed by atoms with Crippen LogP contribution in [0.5, 0.6) is 5.88 Å². The average Bonchev–Trinajstić information content (AvgIpc) is 3.03. The zero-order chi connectivity index (χ0) is 17.2. The van der Waals surface area contributed by atoms with Crippen LogP contribution in [0.4, 0.5) is 0 Å². The first kappa shape index (κ1) is 15.5. The third-order valence-corrected chi connectivity index (χ3v) is 3.94. The summed E-state index contributed by atoms with van der Waals surface area (Å²) >= 11 is 6.02. The number of ether oxygens (including phenoxy) is 1. The highest BCUT2D eigenvalue weighted by Gasteiger charge is 2.09. The summed E-state index contributed by atoms with van der Waals surface area (Å²) in [4.78, 5) is 12.9. The van der Waals surface area contributed by atoms with Gasteiger partial charge in [0.25, 0.3) is 5.78 Å². The minimum Gasteiger partial charge on any atom is -0.471 e. The molecule has 0 amide bonds. The standard InChI is InChI=1S/C18H14ClN5O/c1-12-8-13(19)5-6-15(12)16-9-21-18-22-14(10-24(18)23-16)11-25-17-4-2-3-7-20-17/h2-10H,11H2,1H3. The van der Waals surface area contributed by atoms with Crippen LogP contribution in [-0.2, 0) is 6.61 Å². The molecule has 4 aromatic rings. The molecule has 7 heteroatoms. The average molecular weight is 352 g/mol. The second-order valence-corrected chi connectivity index (χ2v) is 5.97. The van der Waals surface area contributed by atoms with Gasteiger partial charge in [-0.25, -0.2) is 19.5 Å². The first-order valence-electron chi connectivity index (χ1n) is 7.71. The van der Waals surface area contributed by atoms with E-state index >= 15 is 0 Å².